The van der Waals surface area contributed by atoms with E-state index < -0.39 is 16.9 Å². The van der Waals surface area contributed by atoms with Crippen LogP contribution in [0.1, 0.15) is 98.4 Å². The lowest BCUT2D eigenvalue weighted by Gasteiger charge is -2.40. The van der Waals surface area contributed by atoms with Gasteiger partial charge in [0.05, 0.1) is 41.3 Å². The minimum atomic E-state index is -1.03. The smallest absolute Gasteiger partial charge is 0.313 e. The summed E-state index contributed by atoms with van der Waals surface area (Å²) < 4.78 is 14.2. The maximum Gasteiger partial charge on any atom is 0.313 e. The van der Waals surface area contributed by atoms with Crippen molar-refractivity contribution < 1.29 is 24.2 Å². The van der Waals surface area contributed by atoms with E-state index in [9.17, 15) is 14.7 Å². The van der Waals surface area contributed by atoms with Crippen LogP contribution >= 0.6 is 0 Å². The molecule has 248 valence electrons. The predicted molar refractivity (Wildman–Crippen MR) is 185 cm³/mol. The van der Waals surface area contributed by atoms with E-state index in [2.05, 4.69) is 33.1 Å². The summed E-state index contributed by atoms with van der Waals surface area (Å²) in [6, 6.07) is 17.8. The molecule has 48 heavy (non-hydrogen) atoms. The number of hydrogen-bond acceptors (Lipinski definition) is 5. The molecule has 3 N–H and O–H groups in total. The number of H-pyrrole nitrogens is 1. The standard InChI is InChI=1S/C39H42N4O5/c1-38(2,37(45)46)25-11-15-29-30(21-25)41-36(40-29)39(16-7-17-39)42-35(44)24-10-13-27-31(20-24)43-18-19-48-32-22-26(47-3)12-14-28(32)34(43)33(27)23-8-5-4-6-9-23/h10-15,20-23H,4-9,16-19H2,1-3H3,(H,40,41)(H,42,44)(H,45,46). The molecular formula is C39H42N4O5. The molecular weight excluding hydrogens is 604 g/mol. The molecule has 9 heteroatoms. The van der Waals surface area contributed by atoms with Gasteiger partial charge in [-0.2, -0.15) is 0 Å². The number of nitrogens with zero attached hydrogens (tertiary/aromatic N) is 2. The van der Waals surface area contributed by atoms with Crippen LogP contribution in [0.2, 0.25) is 0 Å². The van der Waals surface area contributed by atoms with Gasteiger partial charge in [-0.05, 0) is 99.4 Å². The van der Waals surface area contributed by atoms with E-state index in [1.54, 1.807) is 21.0 Å². The number of aromatic amines is 1. The van der Waals surface area contributed by atoms with Crippen molar-refractivity contribution in [2.75, 3.05) is 13.7 Å². The van der Waals surface area contributed by atoms with Crippen LogP contribution in [0, 0.1) is 0 Å². The molecule has 2 aliphatic carbocycles. The Hall–Kier alpha value is -4.79. The van der Waals surface area contributed by atoms with Crippen LogP contribution in [0.15, 0.2) is 54.6 Å². The highest BCUT2D eigenvalue weighted by Gasteiger charge is 2.43. The number of ether oxygens (including phenoxy) is 2. The van der Waals surface area contributed by atoms with E-state index >= 15 is 0 Å². The van der Waals surface area contributed by atoms with E-state index in [4.69, 9.17) is 14.5 Å². The van der Waals surface area contributed by atoms with Crippen molar-refractivity contribution in [2.24, 2.45) is 0 Å². The van der Waals surface area contributed by atoms with Crippen molar-refractivity contribution >= 4 is 33.8 Å². The van der Waals surface area contributed by atoms with Crippen LogP contribution in [0.5, 0.6) is 11.5 Å². The molecule has 0 saturated heterocycles. The molecule has 0 bridgehead atoms. The Kier molecular flexibility index (Phi) is 7.27. The van der Waals surface area contributed by atoms with Gasteiger partial charge in [-0.25, -0.2) is 4.98 Å². The van der Waals surface area contributed by atoms with Gasteiger partial charge in [-0.15, -0.1) is 0 Å². The lowest BCUT2D eigenvalue weighted by atomic mass is 9.76. The first-order valence-electron chi connectivity index (χ1n) is 17.2. The lowest BCUT2D eigenvalue weighted by molar-refractivity contribution is -0.142. The highest BCUT2D eigenvalue weighted by molar-refractivity contribution is 6.01. The molecule has 2 fully saturated rings. The number of benzene rings is 3. The van der Waals surface area contributed by atoms with E-state index in [1.807, 2.05) is 36.4 Å². The molecule has 3 aromatic carbocycles. The normalized spacial score (nSPS) is 17.6. The zero-order valence-corrected chi connectivity index (χ0v) is 27.8. The molecule has 5 aromatic rings. The molecule has 0 radical (unpaired) electrons. The van der Waals surface area contributed by atoms with Gasteiger partial charge in [0.2, 0.25) is 0 Å². The number of nitrogens with one attached hydrogen (secondary N) is 2. The van der Waals surface area contributed by atoms with Crippen molar-refractivity contribution in [1.29, 1.82) is 0 Å². The second-order valence-corrected chi connectivity index (χ2v) is 14.3. The first-order chi connectivity index (χ1) is 23.2. The van der Waals surface area contributed by atoms with Gasteiger partial charge in [-0.1, -0.05) is 31.4 Å². The van der Waals surface area contributed by atoms with Crippen molar-refractivity contribution in [3.8, 4) is 22.8 Å². The van der Waals surface area contributed by atoms with Crippen LogP contribution in [0.3, 0.4) is 0 Å². The molecule has 3 heterocycles. The van der Waals surface area contributed by atoms with Crippen molar-refractivity contribution in [3.63, 3.8) is 0 Å². The van der Waals surface area contributed by atoms with E-state index in [0.29, 0.717) is 36.0 Å². The summed E-state index contributed by atoms with van der Waals surface area (Å²) in [5.74, 6) is 1.76. The van der Waals surface area contributed by atoms with Gasteiger partial charge in [-0.3, -0.25) is 9.59 Å². The molecule has 2 aromatic heterocycles. The number of aliphatic carboxylic acids is 1. The maximum atomic E-state index is 14.1. The van der Waals surface area contributed by atoms with Crippen LogP contribution < -0.4 is 14.8 Å². The molecule has 9 nitrogen and oxygen atoms in total. The van der Waals surface area contributed by atoms with Gasteiger partial charge in [0.15, 0.2) is 0 Å². The number of carboxylic acid groups (broad SMARTS) is 1. The number of methoxy groups -OCH3 is 1. The minimum Gasteiger partial charge on any atom is -0.497 e. The molecule has 8 rings (SSSR count). The fraction of sp³-hybridized carbons (Fsp3) is 0.410. The van der Waals surface area contributed by atoms with E-state index in [0.717, 1.165) is 65.7 Å². The van der Waals surface area contributed by atoms with E-state index in [1.165, 1.54) is 35.9 Å². The van der Waals surface area contributed by atoms with Gasteiger partial charge in [0.25, 0.3) is 5.91 Å². The van der Waals surface area contributed by atoms with Gasteiger partial charge < -0.3 is 29.4 Å². The predicted octanol–water partition coefficient (Wildman–Crippen LogP) is 7.80. The number of fused-ring (bicyclic) bond motifs is 6. The number of imidazole rings is 1. The molecule has 1 amide bonds. The number of carbonyl (C=O) groups excluding carboxylic acids is 1. The number of amides is 1. The highest BCUT2D eigenvalue weighted by Crippen LogP contribution is 2.48. The summed E-state index contributed by atoms with van der Waals surface area (Å²) >= 11 is 0. The zero-order chi connectivity index (χ0) is 33.2. The Balaban J connectivity index is 1.17. The fourth-order valence-corrected chi connectivity index (χ4v) is 8.03. The third kappa shape index (κ3) is 4.85. The van der Waals surface area contributed by atoms with Crippen LogP contribution in [0.25, 0.3) is 33.2 Å². The topological polar surface area (TPSA) is 118 Å². The molecule has 0 atom stereocenters. The number of carboxylic acids is 1. The number of hydrogen-bond donors (Lipinski definition) is 3. The molecule has 0 spiro atoms. The summed E-state index contributed by atoms with van der Waals surface area (Å²) in [5.41, 5.74) is 5.90. The summed E-state index contributed by atoms with van der Waals surface area (Å²) in [6.45, 7) is 4.61. The Labute approximate surface area is 279 Å². The minimum absolute atomic E-state index is 0.130. The molecule has 3 aliphatic rings. The summed E-state index contributed by atoms with van der Waals surface area (Å²) in [4.78, 5) is 34.3. The lowest BCUT2D eigenvalue weighted by Crippen LogP contribution is -2.51. The van der Waals surface area contributed by atoms with Crippen molar-refractivity contribution in [2.45, 2.75) is 88.6 Å². The fourth-order valence-electron chi connectivity index (χ4n) is 8.03. The maximum absolute atomic E-state index is 14.1. The van der Waals surface area contributed by atoms with Gasteiger partial charge >= 0.3 is 5.97 Å². The zero-order valence-electron chi connectivity index (χ0n) is 27.8. The quantitative estimate of drug-likeness (QED) is 0.166. The van der Waals surface area contributed by atoms with Crippen LogP contribution in [-0.2, 0) is 22.3 Å². The molecule has 0 unspecified atom stereocenters. The summed E-state index contributed by atoms with van der Waals surface area (Å²) in [5, 5.41) is 14.3. The monoisotopic (exact) mass is 646 g/mol. The van der Waals surface area contributed by atoms with Gasteiger partial charge in [0, 0.05) is 28.1 Å². The Morgan fingerprint density at radius 2 is 1.85 bits per heavy atom. The molecule has 2 saturated carbocycles. The summed E-state index contributed by atoms with van der Waals surface area (Å²) in [7, 11) is 1.68. The Morgan fingerprint density at radius 1 is 1.04 bits per heavy atom. The Bertz CT molecular complexity index is 2080. The first kappa shape index (κ1) is 30.5. The second kappa shape index (κ2) is 11.4. The number of rotatable bonds is 7. The van der Waals surface area contributed by atoms with E-state index in [-0.39, 0.29) is 5.91 Å². The summed E-state index contributed by atoms with van der Waals surface area (Å²) in [6.07, 6.45) is 8.59. The first-order valence-corrected chi connectivity index (χ1v) is 17.2. The average molecular weight is 647 g/mol. The number of aromatic nitrogens is 3. The van der Waals surface area contributed by atoms with Gasteiger partial charge in [0.1, 0.15) is 23.9 Å². The third-order valence-electron chi connectivity index (χ3n) is 11.1. The number of carbonyl (C=O) groups is 2. The molecule has 1 aliphatic heterocycles. The largest absolute Gasteiger partial charge is 0.497 e. The van der Waals surface area contributed by atoms with Crippen LogP contribution in [-0.4, -0.2) is 45.2 Å². The van der Waals surface area contributed by atoms with Crippen molar-refractivity contribution in [1.82, 2.24) is 19.9 Å². The Morgan fingerprint density at radius 3 is 2.58 bits per heavy atom. The average Bonchev–Trinajstić information content (AvgIpc) is 3.59. The highest BCUT2D eigenvalue weighted by atomic mass is 16.5. The van der Waals surface area contributed by atoms with Crippen LogP contribution in [0.4, 0.5) is 0 Å². The second-order valence-electron chi connectivity index (χ2n) is 14.3. The third-order valence-corrected chi connectivity index (χ3v) is 11.1. The SMILES string of the molecule is COc1ccc2c(c1)OCCn1c-2c(C2CCCCC2)c2ccc(C(=O)NC3(c4nc5ccc(C(C)(C)C(=O)O)cc5[nH]4)CCC3)cc21. The van der Waals surface area contributed by atoms with Crippen molar-refractivity contribution in [3.05, 3.63) is 77.1 Å².